The summed E-state index contributed by atoms with van der Waals surface area (Å²) in [5, 5.41) is 6.03. The van der Waals surface area contributed by atoms with Gasteiger partial charge in [-0.05, 0) is 50.1 Å². The summed E-state index contributed by atoms with van der Waals surface area (Å²) in [6.07, 6.45) is 4.95. The van der Waals surface area contributed by atoms with Gasteiger partial charge in [-0.3, -0.25) is 10.1 Å². The van der Waals surface area contributed by atoms with Crippen LogP contribution in [0.4, 0.5) is 16.4 Å². The summed E-state index contributed by atoms with van der Waals surface area (Å²) in [4.78, 5) is 32.8. The van der Waals surface area contributed by atoms with Crippen molar-refractivity contribution in [2.24, 2.45) is 0 Å². The molecule has 2 aliphatic heterocycles. The van der Waals surface area contributed by atoms with Crippen molar-refractivity contribution in [1.82, 2.24) is 9.97 Å². The molecule has 0 unspecified atom stereocenters. The lowest BCUT2D eigenvalue weighted by Crippen LogP contribution is -2.38. The zero-order chi connectivity index (χ0) is 22.8. The Morgan fingerprint density at radius 1 is 1.03 bits per heavy atom. The minimum atomic E-state index is -0.590. The van der Waals surface area contributed by atoms with E-state index in [9.17, 15) is 9.59 Å². The van der Waals surface area contributed by atoms with Crippen LogP contribution in [-0.4, -0.2) is 59.4 Å². The van der Waals surface area contributed by atoms with E-state index in [1.165, 1.54) is 32.6 Å². The molecule has 1 amide bonds. The molecule has 0 bridgehead atoms. The lowest BCUT2D eigenvalue weighted by atomic mass is 10.0. The molecule has 9 heteroatoms. The molecule has 2 N–H and O–H groups in total. The summed E-state index contributed by atoms with van der Waals surface area (Å²) < 4.78 is 17.4. The van der Waals surface area contributed by atoms with Crippen LogP contribution < -0.4 is 10.6 Å². The molecule has 1 aliphatic carbocycles. The first kappa shape index (κ1) is 21.8. The highest BCUT2D eigenvalue weighted by molar-refractivity contribution is 5.94. The highest BCUT2D eigenvalue weighted by Gasteiger charge is 2.49. The normalized spacial score (nSPS) is 26.7. The lowest BCUT2D eigenvalue weighted by Gasteiger charge is -2.18. The summed E-state index contributed by atoms with van der Waals surface area (Å²) >= 11 is 0. The van der Waals surface area contributed by atoms with Gasteiger partial charge in [0.1, 0.15) is 12.2 Å². The number of rotatable bonds is 6. The molecule has 3 heterocycles. The standard InChI is InChI=1S/C24H28N4O5/c1-14(29)15-6-8-17(9-7-15)26-24(30)33-20-13-32-21-19(12-31-22(20)21)28-23-25-11-10-18(27-23)16-4-2-3-5-16/h6-11,16,19-22H,2-5,12-13H2,1H3,(H,26,30)(H,25,27,28)/t19-,20+,21+,22+/m0/s1. The first-order valence-electron chi connectivity index (χ1n) is 11.5. The maximum atomic E-state index is 12.4. The fraction of sp³-hybridized carbons (Fsp3) is 0.500. The molecule has 2 aromatic rings. The smallest absolute Gasteiger partial charge is 0.412 e. The van der Waals surface area contributed by atoms with Crippen LogP contribution in [0.2, 0.25) is 0 Å². The fourth-order valence-corrected chi connectivity index (χ4v) is 4.82. The number of carbonyl (C=O) groups is 2. The molecule has 4 atom stereocenters. The first-order chi connectivity index (χ1) is 16.1. The van der Waals surface area contributed by atoms with Gasteiger partial charge in [0.05, 0.1) is 19.3 Å². The molecular weight excluding hydrogens is 424 g/mol. The van der Waals surface area contributed by atoms with E-state index >= 15 is 0 Å². The van der Waals surface area contributed by atoms with Crippen molar-refractivity contribution in [1.29, 1.82) is 0 Å². The van der Waals surface area contributed by atoms with Gasteiger partial charge in [-0.1, -0.05) is 12.8 Å². The number of hydrogen-bond acceptors (Lipinski definition) is 8. The average molecular weight is 453 g/mol. The van der Waals surface area contributed by atoms with Gasteiger partial charge in [0.25, 0.3) is 0 Å². The Balaban J connectivity index is 1.15. The second-order valence-corrected chi connectivity index (χ2v) is 8.84. The Morgan fingerprint density at radius 3 is 2.55 bits per heavy atom. The van der Waals surface area contributed by atoms with Crippen molar-refractivity contribution < 1.29 is 23.8 Å². The molecule has 3 fully saturated rings. The topological polar surface area (TPSA) is 112 Å². The maximum absolute atomic E-state index is 12.4. The Hall–Kier alpha value is -3.04. The number of amides is 1. The molecule has 1 aromatic carbocycles. The van der Waals surface area contributed by atoms with Crippen molar-refractivity contribution in [2.75, 3.05) is 23.8 Å². The van der Waals surface area contributed by atoms with Gasteiger partial charge in [-0.15, -0.1) is 0 Å². The summed E-state index contributed by atoms with van der Waals surface area (Å²) in [7, 11) is 0. The number of aromatic nitrogens is 2. The quantitative estimate of drug-likeness (QED) is 0.640. The number of ketones is 1. The van der Waals surface area contributed by atoms with E-state index < -0.39 is 12.2 Å². The molecule has 0 radical (unpaired) electrons. The van der Waals surface area contributed by atoms with Gasteiger partial charge in [0.15, 0.2) is 11.9 Å². The third kappa shape index (κ3) is 4.84. The molecule has 9 nitrogen and oxygen atoms in total. The summed E-state index contributed by atoms with van der Waals surface area (Å²) in [5.74, 6) is 1.06. The first-order valence-corrected chi connectivity index (χ1v) is 11.5. The van der Waals surface area contributed by atoms with E-state index in [0.717, 1.165) is 5.69 Å². The van der Waals surface area contributed by atoms with E-state index in [-0.39, 0.29) is 30.6 Å². The van der Waals surface area contributed by atoms with Gasteiger partial charge < -0.3 is 19.5 Å². The Bertz CT molecular complexity index is 1010. The number of Topliss-reactive ketones (excluding diaryl/α,β-unsaturated/α-hetero) is 1. The molecule has 0 spiro atoms. The Labute approximate surface area is 192 Å². The molecular formula is C24H28N4O5. The molecule has 5 rings (SSSR count). The van der Waals surface area contributed by atoms with Gasteiger partial charge in [-0.2, -0.15) is 0 Å². The van der Waals surface area contributed by atoms with Crippen LogP contribution in [0.25, 0.3) is 0 Å². The minimum Gasteiger partial charge on any atom is -0.441 e. The van der Waals surface area contributed by atoms with Crippen molar-refractivity contribution >= 4 is 23.5 Å². The molecule has 1 aromatic heterocycles. The Morgan fingerprint density at radius 2 is 1.79 bits per heavy atom. The number of nitrogens with one attached hydrogen (secondary N) is 2. The van der Waals surface area contributed by atoms with Crippen LogP contribution in [-0.2, 0) is 14.2 Å². The minimum absolute atomic E-state index is 0.0320. The predicted molar refractivity (Wildman–Crippen MR) is 120 cm³/mol. The fourth-order valence-electron chi connectivity index (χ4n) is 4.82. The second-order valence-electron chi connectivity index (χ2n) is 8.84. The molecule has 174 valence electrons. The summed E-state index contributed by atoms with van der Waals surface area (Å²) in [5.41, 5.74) is 2.21. The van der Waals surface area contributed by atoms with Gasteiger partial charge >= 0.3 is 6.09 Å². The van der Waals surface area contributed by atoms with Gasteiger partial charge in [-0.25, -0.2) is 14.8 Å². The van der Waals surface area contributed by atoms with Crippen LogP contribution in [0.15, 0.2) is 36.5 Å². The number of nitrogens with zero attached hydrogens (tertiary/aromatic N) is 2. The number of anilines is 2. The van der Waals surface area contributed by atoms with E-state index in [0.29, 0.717) is 29.7 Å². The van der Waals surface area contributed by atoms with E-state index in [2.05, 4.69) is 15.6 Å². The van der Waals surface area contributed by atoms with Crippen LogP contribution in [0.1, 0.15) is 54.6 Å². The Kier molecular flexibility index (Phi) is 6.24. The zero-order valence-corrected chi connectivity index (χ0v) is 18.5. The van der Waals surface area contributed by atoms with E-state index in [1.807, 2.05) is 6.07 Å². The van der Waals surface area contributed by atoms with Crippen molar-refractivity contribution in [3.05, 3.63) is 47.8 Å². The highest BCUT2D eigenvalue weighted by atomic mass is 16.6. The number of carbonyl (C=O) groups excluding carboxylic acids is 2. The van der Waals surface area contributed by atoms with Crippen LogP contribution >= 0.6 is 0 Å². The van der Waals surface area contributed by atoms with Crippen LogP contribution in [0.5, 0.6) is 0 Å². The molecule has 1 saturated carbocycles. The molecule has 3 aliphatic rings. The monoisotopic (exact) mass is 452 g/mol. The third-order valence-electron chi connectivity index (χ3n) is 6.57. The van der Waals surface area contributed by atoms with Crippen molar-refractivity contribution in [3.8, 4) is 0 Å². The molecule has 33 heavy (non-hydrogen) atoms. The maximum Gasteiger partial charge on any atom is 0.412 e. The lowest BCUT2D eigenvalue weighted by molar-refractivity contribution is 0.00917. The SMILES string of the molecule is CC(=O)c1ccc(NC(=O)O[C@@H]2CO[C@H]3[C@@H]2OC[C@@H]3Nc2nccc(C3CCCC3)n2)cc1. The predicted octanol–water partition coefficient (Wildman–Crippen LogP) is 3.53. The zero-order valence-electron chi connectivity index (χ0n) is 18.5. The second kappa shape index (κ2) is 9.44. The van der Waals surface area contributed by atoms with E-state index in [1.54, 1.807) is 30.5 Å². The van der Waals surface area contributed by atoms with Crippen molar-refractivity contribution in [2.45, 2.75) is 62.9 Å². The van der Waals surface area contributed by atoms with E-state index in [4.69, 9.17) is 19.2 Å². The van der Waals surface area contributed by atoms with Crippen LogP contribution in [0, 0.1) is 0 Å². The summed E-state index contributed by atoms with van der Waals surface area (Å²) in [6, 6.07) is 8.52. The highest BCUT2D eigenvalue weighted by Crippen LogP contribution is 2.34. The number of ether oxygens (including phenoxy) is 3. The summed E-state index contributed by atoms with van der Waals surface area (Å²) in [6.45, 7) is 2.17. The van der Waals surface area contributed by atoms with Gasteiger partial charge in [0, 0.05) is 29.1 Å². The number of benzene rings is 1. The third-order valence-corrected chi connectivity index (χ3v) is 6.57. The average Bonchev–Trinajstić information content (AvgIpc) is 3.55. The number of fused-ring (bicyclic) bond motifs is 1. The number of hydrogen-bond donors (Lipinski definition) is 2. The largest absolute Gasteiger partial charge is 0.441 e. The van der Waals surface area contributed by atoms with Crippen molar-refractivity contribution in [3.63, 3.8) is 0 Å². The van der Waals surface area contributed by atoms with Gasteiger partial charge in [0.2, 0.25) is 5.95 Å². The van der Waals surface area contributed by atoms with Crippen LogP contribution in [0.3, 0.4) is 0 Å². The molecule has 2 saturated heterocycles.